The molecule has 2 N–H and O–H groups in total. The fraction of sp³-hybridized carbons (Fsp3) is 0.222. The van der Waals surface area contributed by atoms with Crippen LogP contribution in [0, 0.1) is 18.7 Å². The molecule has 10 heteroatoms. The van der Waals surface area contributed by atoms with Crippen molar-refractivity contribution in [2.24, 2.45) is 5.92 Å². The number of Topliss-reactive ketones (excluding diaryl/α,β-unsaturated/α-hetero) is 1. The Morgan fingerprint density at radius 3 is 2.22 bits per heavy atom. The van der Waals surface area contributed by atoms with Gasteiger partial charge in [0.1, 0.15) is 10.2 Å². The number of halogens is 5. The van der Waals surface area contributed by atoms with Gasteiger partial charge in [0.2, 0.25) is 11.8 Å². The lowest BCUT2D eigenvalue weighted by Gasteiger charge is -2.12. The Bertz CT molecular complexity index is 1410. The molecule has 3 aromatic rings. The van der Waals surface area contributed by atoms with Gasteiger partial charge in [-0.25, -0.2) is 4.39 Å². The molecular weight excluding hydrogens is 561 g/mol. The number of hydrogen-bond donors (Lipinski definition) is 2. The minimum absolute atomic E-state index is 0.0917. The summed E-state index contributed by atoms with van der Waals surface area (Å²) in [5, 5.41) is 5.64. The van der Waals surface area contributed by atoms with Gasteiger partial charge in [0.15, 0.2) is 5.78 Å². The van der Waals surface area contributed by atoms with Gasteiger partial charge in [0.25, 0.3) is 0 Å². The number of amides is 2. The lowest BCUT2D eigenvalue weighted by Crippen LogP contribution is -2.18. The predicted octanol–water partition coefficient (Wildman–Crippen LogP) is 7.35. The van der Waals surface area contributed by atoms with Gasteiger partial charge in [-0.15, -0.1) is 23.2 Å². The first-order valence-electron chi connectivity index (χ1n) is 11.2. The van der Waals surface area contributed by atoms with Crippen LogP contribution < -0.4 is 10.6 Å². The van der Waals surface area contributed by atoms with Gasteiger partial charge >= 0.3 is 0 Å². The van der Waals surface area contributed by atoms with E-state index in [1.54, 1.807) is 43.3 Å². The summed E-state index contributed by atoms with van der Waals surface area (Å²) in [6, 6.07) is 14.1. The second-order valence-corrected chi connectivity index (χ2v) is 11.2. The van der Waals surface area contributed by atoms with Crippen LogP contribution in [0.25, 0.3) is 0 Å². The zero-order valence-electron chi connectivity index (χ0n) is 19.7. The first-order chi connectivity index (χ1) is 17.4. The number of carbonyl (C=O) groups is 3. The SMILES string of the molecule is CC(=O)Nc1ccc(CC(=O)c2cc(NC(=O)C3C(c4ccc(F)c(Cl)c4)C3(Cl)Cl)cc(Cl)c2C)cc1. The van der Waals surface area contributed by atoms with Crippen LogP contribution in [-0.4, -0.2) is 21.9 Å². The summed E-state index contributed by atoms with van der Waals surface area (Å²) in [5.74, 6) is -2.85. The minimum Gasteiger partial charge on any atom is -0.326 e. The van der Waals surface area contributed by atoms with Gasteiger partial charge in [-0.3, -0.25) is 14.4 Å². The van der Waals surface area contributed by atoms with Crippen LogP contribution in [0.15, 0.2) is 54.6 Å². The summed E-state index contributed by atoms with van der Waals surface area (Å²) in [4.78, 5) is 37.4. The lowest BCUT2D eigenvalue weighted by atomic mass is 9.98. The van der Waals surface area contributed by atoms with E-state index < -0.39 is 27.9 Å². The highest BCUT2D eigenvalue weighted by Gasteiger charge is 2.67. The van der Waals surface area contributed by atoms with Gasteiger partial charge in [0, 0.05) is 41.2 Å². The zero-order valence-corrected chi connectivity index (χ0v) is 22.7. The monoisotopic (exact) mass is 580 g/mol. The van der Waals surface area contributed by atoms with E-state index in [0.717, 1.165) is 5.56 Å². The predicted molar refractivity (Wildman–Crippen MR) is 146 cm³/mol. The van der Waals surface area contributed by atoms with Crippen molar-refractivity contribution in [1.29, 1.82) is 0 Å². The van der Waals surface area contributed by atoms with Gasteiger partial charge in [-0.2, -0.15) is 0 Å². The first-order valence-corrected chi connectivity index (χ1v) is 12.7. The summed E-state index contributed by atoms with van der Waals surface area (Å²) >= 11 is 25.0. The molecule has 5 nitrogen and oxygen atoms in total. The topological polar surface area (TPSA) is 75.3 Å². The Kier molecular flexibility index (Phi) is 7.86. The van der Waals surface area contributed by atoms with Crippen molar-refractivity contribution in [3.63, 3.8) is 0 Å². The molecule has 0 saturated heterocycles. The molecule has 1 aliphatic rings. The smallest absolute Gasteiger partial charge is 0.231 e. The normalized spacial score (nSPS) is 17.7. The molecule has 4 rings (SSSR count). The molecule has 0 radical (unpaired) electrons. The molecule has 2 unspecified atom stereocenters. The number of ketones is 1. The molecule has 0 aromatic heterocycles. The molecule has 192 valence electrons. The number of rotatable bonds is 7. The molecule has 2 atom stereocenters. The highest BCUT2D eigenvalue weighted by atomic mass is 35.5. The van der Waals surface area contributed by atoms with Crippen molar-refractivity contribution >= 4 is 75.4 Å². The van der Waals surface area contributed by atoms with Crippen LogP contribution in [-0.2, 0) is 16.0 Å². The molecule has 3 aromatic carbocycles. The van der Waals surface area contributed by atoms with Crippen LogP contribution in [0.1, 0.15) is 39.9 Å². The van der Waals surface area contributed by atoms with E-state index >= 15 is 0 Å². The van der Waals surface area contributed by atoms with Crippen molar-refractivity contribution in [3.05, 3.63) is 92.7 Å². The average Bonchev–Trinajstić information content (AvgIpc) is 3.40. The van der Waals surface area contributed by atoms with E-state index in [1.807, 2.05) is 0 Å². The fourth-order valence-corrected chi connectivity index (χ4v) is 5.46. The van der Waals surface area contributed by atoms with Crippen molar-refractivity contribution in [1.82, 2.24) is 0 Å². The number of benzene rings is 3. The van der Waals surface area contributed by atoms with Crippen LogP contribution in [0.5, 0.6) is 0 Å². The standard InChI is InChI=1S/C27H21Cl4FN2O3/c1-13-19(23(36)9-15-3-6-17(7-4-15)33-14(2)35)11-18(12-20(13)28)34-26(37)25-24(27(25,30)31)16-5-8-22(32)21(29)10-16/h3-8,10-12,24-25H,9H2,1-2H3,(H,33,35)(H,34,37). The first kappa shape index (κ1) is 27.4. The molecule has 0 bridgehead atoms. The lowest BCUT2D eigenvalue weighted by molar-refractivity contribution is -0.117. The maximum Gasteiger partial charge on any atom is 0.231 e. The number of anilines is 2. The molecule has 2 amide bonds. The summed E-state index contributed by atoms with van der Waals surface area (Å²) in [6.45, 7) is 3.14. The Balaban J connectivity index is 1.50. The fourth-order valence-electron chi connectivity index (χ4n) is 4.22. The second-order valence-electron chi connectivity index (χ2n) is 8.90. The van der Waals surface area contributed by atoms with Crippen molar-refractivity contribution in [2.45, 2.75) is 30.5 Å². The summed E-state index contributed by atoms with van der Waals surface area (Å²) < 4.78 is 12.2. The minimum atomic E-state index is -1.40. The second kappa shape index (κ2) is 10.6. The summed E-state index contributed by atoms with van der Waals surface area (Å²) in [6.07, 6.45) is 0.0947. The Morgan fingerprint density at radius 1 is 0.919 bits per heavy atom. The molecule has 0 heterocycles. The van der Waals surface area contributed by atoms with E-state index in [9.17, 15) is 18.8 Å². The van der Waals surface area contributed by atoms with Gasteiger partial charge in [-0.05, 0) is 60.0 Å². The largest absolute Gasteiger partial charge is 0.326 e. The van der Waals surface area contributed by atoms with Crippen LogP contribution in [0.3, 0.4) is 0 Å². The molecule has 1 aliphatic carbocycles. The molecule has 0 aliphatic heterocycles. The summed E-state index contributed by atoms with van der Waals surface area (Å²) in [5.41, 5.74) is 3.17. The Morgan fingerprint density at radius 2 is 1.59 bits per heavy atom. The van der Waals surface area contributed by atoms with Crippen molar-refractivity contribution in [2.75, 3.05) is 10.6 Å². The van der Waals surface area contributed by atoms with Crippen LogP contribution in [0.4, 0.5) is 15.8 Å². The average molecular weight is 582 g/mol. The molecule has 1 saturated carbocycles. The number of carbonyl (C=O) groups excluding carboxylic acids is 3. The third-order valence-electron chi connectivity index (χ3n) is 6.19. The third-order valence-corrected chi connectivity index (χ3v) is 7.81. The van der Waals surface area contributed by atoms with E-state index in [0.29, 0.717) is 33.1 Å². The quantitative estimate of drug-likeness (QED) is 0.226. The van der Waals surface area contributed by atoms with Crippen molar-refractivity contribution in [3.8, 4) is 0 Å². The highest BCUT2D eigenvalue weighted by molar-refractivity contribution is 6.53. The summed E-state index contributed by atoms with van der Waals surface area (Å²) in [7, 11) is 0. The highest BCUT2D eigenvalue weighted by Crippen LogP contribution is 2.65. The molecule has 37 heavy (non-hydrogen) atoms. The van der Waals surface area contributed by atoms with Crippen molar-refractivity contribution < 1.29 is 18.8 Å². The maximum absolute atomic E-state index is 13.6. The molecular formula is C27H21Cl4FN2O3. The number of nitrogens with one attached hydrogen (secondary N) is 2. The van der Waals surface area contributed by atoms with Crippen LogP contribution >= 0.6 is 46.4 Å². The van der Waals surface area contributed by atoms with E-state index in [-0.39, 0.29) is 23.1 Å². The Labute approximate surface area is 233 Å². The Hall–Kier alpha value is -2.64. The van der Waals surface area contributed by atoms with E-state index in [4.69, 9.17) is 46.4 Å². The van der Waals surface area contributed by atoms with Crippen LogP contribution in [0.2, 0.25) is 10.0 Å². The van der Waals surface area contributed by atoms with Gasteiger partial charge in [-0.1, -0.05) is 41.4 Å². The zero-order chi connectivity index (χ0) is 27.1. The van der Waals surface area contributed by atoms with E-state index in [2.05, 4.69) is 10.6 Å². The third kappa shape index (κ3) is 5.93. The number of hydrogen-bond acceptors (Lipinski definition) is 3. The van der Waals surface area contributed by atoms with Gasteiger partial charge in [0.05, 0.1) is 10.9 Å². The van der Waals surface area contributed by atoms with E-state index in [1.165, 1.54) is 25.1 Å². The maximum atomic E-state index is 13.6. The molecule has 0 spiro atoms. The number of alkyl halides is 2. The van der Waals surface area contributed by atoms with Gasteiger partial charge < -0.3 is 10.6 Å². The molecule has 1 fully saturated rings.